The van der Waals surface area contributed by atoms with Crippen molar-refractivity contribution in [2.75, 3.05) is 4.90 Å². The lowest BCUT2D eigenvalue weighted by atomic mass is 10.1. The maximum atomic E-state index is 13.2. The number of anilines is 1. The lowest BCUT2D eigenvalue weighted by Crippen LogP contribution is -2.30. The number of aromatic carboxylic acids is 1. The van der Waals surface area contributed by atoms with Gasteiger partial charge in [0.2, 0.25) is 0 Å². The molecule has 1 amide bonds. The summed E-state index contributed by atoms with van der Waals surface area (Å²) < 4.78 is 2.17. The normalized spacial score (nSPS) is 11.8. The lowest BCUT2D eigenvalue weighted by Gasteiger charge is -2.23. The van der Waals surface area contributed by atoms with Gasteiger partial charge in [0.15, 0.2) is 11.6 Å². The van der Waals surface area contributed by atoms with Crippen LogP contribution in [0.15, 0.2) is 91.1 Å². The summed E-state index contributed by atoms with van der Waals surface area (Å²) in [4.78, 5) is 47.6. The largest absolute Gasteiger partial charge is 0.478 e. The number of aromatic nitrogens is 1. The van der Waals surface area contributed by atoms with Crippen LogP contribution in [0.4, 0.5) is 5.69 Å². The average Bonchev–Trinajstić information content (AvgIpc) is 3.27. The number of carbonyl (C=O) groups excluding carboxylic acids is 3. The van der Waals surface area contributed by atoms with Gasteiger partial charge in [-0.1, -0.05) is 42.5 Å². The Balaban J connectivity index is 0.000000225. The number of hydrogen-bond acceptors (Lipinski definition) is 4. The van der Waals surface area contributed by atoms with Gasteiger partial charge in [-0.15, -0.1) is 0 Å². The van der Waals surface area contributed by atoms with Crippen molar-refractivity contribution >= 4 is 29.1 Å². The molecule has 7 heteroatoms. The highest BCUT2D eigenvalue weighted by molar-refractivity contribution is 6.07. The van der Waals surface area contributed by atoms with Crippen molar-refractivity contribution in [1.29, 1.82) is 0 Å². The van der Waals surface area contributed by atoms with Crippen molar-refractivity contribution in [2.24, 2.45) is 0 Å². The second kappa shape index (κ2) is 10.9. The standard InChI is InChI=1S/C21H18N2O2.C9H8O3/c1-15(24)16-8-10-17(11-9-16)21(25)23-14-19-6-4-12-22(19)13-18-5-2-3-7-20(18)23;1-6(10)7-2-4-8(5-3-7)9(11)12/h2-12H,13-14H2,1H3;2-5H,1H3,(H,11,12). The molecule has 1 aliphatic rings. The first-order valence-electron chi connectivity index (χ1n) is 11.7. The molecule has 1 aliphatic heterocycles. The third-order valence-corrected chi connectivity index (χ3v) is 6.19. The van der Waals surface area contributed by atoms with Gasteiger partial charge < -0.3 is 14.6 Å². The van der Waals surface area contributed by atoms with Gasteiger partial charge in [-0.25, -0.2) is 4.79 Å². The number of benzene rings is 3. The molecule has 0 spiro atoms. The molecule has 5 rings (SSSR count). The number of para-hydroxylation sites is 1. The van der Waals surface area contributed by atoms with Gasteiger partial charge >= 0.3 is 5.97 Å². The van der Waals surface area contributed by atoms with Crippen LogP contribution in [0, 0.1) is 0 Å². The van der Waals surface area contributed by atoms with E-state index in [9.17, 15) is 19.2 Å². The summed E-state index contributed by atoms with van der Waals surface area (Å²) in [5.74, 6) is -1.11. The first-order valence-corrected chi connectivity index (χ1v) is 11.7. The van der Waals surface area contributed by atoms with E-state index < -0.39 is 5.97 Å². The van der Waals surface area contributed by atoms with E-state index in [2.05, 4.69) is 10.6 Å². The molecule has 0 saturated heterocycles. The van der Waals surface area contributed by atoms with Crippen molar-refractivity contribution in [1.82, 2.24) is 4.57 Å². The lowest BCUT2D eigenvalue weighted by molar-refractivity contribution is 0.0696. The Morgan fingerprint density at radius 3 is 1.76 bits per heavy atom. The molecule has 0 fully saturated rings. The maximum absolute atomic E-state index is 13.2. The van der Waals surface area contributed by atoms with Crippen LogP contribution < -0.4 is 4.90 Å². The zero-order valence-corrected chi connectivity index (χ0v) is 20.5. The van der Waals surface area contributed by atoms with Crippen LogP contribution >= 0.6 is 0 Å². The third kappa shape index (κ3) is 5.73. The Labute approximate surface area is 214 Å². The molecule has 37 heavy (non-hydrogen) atoms. The van der Waals surface area contributed by atoms with Crippen molar-refractivity contribution in [3.05, 3.63) is 125 Å². The number of rotatable bonds is 4. The number of hydrogen-bond donors (Lipinski definition) is 1. The van der Waals surface area contributed by atoms with Gasteiger partial charge in [0, 0.05) is 40.8 Å². The van der Waals surface area contributed by atoms with Gasteiger partial charge in [-0.2, -0.15) is 0 Å². The molecule has 0 radical (unpaired) electrons. The van der Waals surface area contributed by atoms with E-state index in [-0.39, 0.29) is 23.0 Å². The number of amides is 1. The van der Waals surface area contributed by atoms with E-state index >= 15 is 0 Å². The summed E-state index contributed by atoms with van der Waals surface area (Å²) >= 11 is 0. The quantitative estimate of drug-likeness (QED) is 0.379. The highest BCUT2D eigenvalue weighted by Crippen LogP contribution is 2.29. The number of ketones is 2. The number of fused-ring (bicyclic) bond motifs is 2. The predicted molar refractivity (Wildman–Crippen MR) is 140 cm³/mol. The summed E-state index contributed by atoms with van der Waals surface area (Å²) in [5, 5.41) is 8.53. The molecule has 1 N–H and O–H groups in total. The first-order chi connectivity index (χ1) is 17.7. The minimum atomic E-state index is -0.981. The Bertz CT molecular complexity index is 1430. The molecule has 0 unspecified atom stereocenters. The minimum absolute atomic E-state index is 0.00283. The van der Waals surface area contributed by atoms with Crippen LogP contribution in [0.25, 0.3) is 0 Å². The van der Waals surface area contributed by atoms with Crippen molar-refractivity contribution in [2.45, 2.75) is 26.9 Å². The van der Waals surface area contributed by atoms with Crippen molar-refractivity contribution in [3.63, 3.8) is 0 Å². The van der Waals surface area contributed by atoms with E-state index in [4.69, 9.17) is 5.11 Å². The highest BCUT2D eigenvalue weighted by atomic mass is 16.4. The summed E-state index contributed by atoms with van der Waals surface area (Å²) in [6, 6.07) is 24.8. The zero-order chi connectivity index (χ0) is 26.5. The first kappa shape index (κ1) is 25.3. The van der Waals surface area contributed by atoms with Gasteiger partial charge in [0.1, 0.15) is 0 Å². The fraction of sp³-hybridized carbons (Fsp3) is 0.133. The second-order valence-corrected chi connectivity index (χ2v) is 8.72. The monoisotopic (exact) mass is 494 g/mol. The molecule has 0 aliphatic carbocycles. The predicted octanol–water partition coefficient (Wildman–Crippen LogP) is 5.49. The van der Waals surface area contributed by atoms with Crippen LogP contribution in [0.2, 0.25) is 0 Å². The van der Waals surface area contributed by atoms with E-state index in [1.165, 1.54) is 38.1 Å². The number of carboxylic acid groups (broad SMARTS) is 1. The second-order valence-electron chi connectivity index (χ2n) is 8.72. The highest BCUT2D eigenvalue weighted by Gasteiger charge is 2.24. The topological polar surface area (TPSA) is 96.7 Å². The number of carboxylic acids is 1. The van der Waals surface area contributed by atoms with Crippen molar-refractivity contribution < 1.29 is 24.3 Å². The maximum Gasteiger partial charge on any atom is 0.335 e. The molecule has 0 bridgehead atoms. The van der Waals surface area contributed by atoms with Gasteiger partial charge in [0.05, 0.1) is 12.1 Å². The Hall–Kier alpha value is -4.78. The van der Waals surface area contributed by atoms with Crippen LogP contribution in [0.3, 0.4) is 0 Å². The molecule has 186 valence electrons. The smallest absolute Gasteiger partial charge is 0.335 e. The average molecular weight is 495 g/mol. The van der Waals surface area contributed by atoms with Gasteiger partial charge in [-0.3, -0.25) is 14.4 Å². The molecular weight excluding hydrogens is 468 g/mol. The number of carbonyl (C=O) groups is 4. The van der Waals surface area contributed by atoms with Crippen molar-refractivity contribution in [3.8, 4) is 0 Å². The summed E-state index contributed by atoms with van der Waals surface area (Å²) in [6.45, 7) is 4.24. The fourth-order valence-electron chi connectivity index (χ4n) is 4.12. The van der Waals surface area contributed by atoms with Crippen LogP contribution in [0.1, 0.15) is 66.5 Å². The molecular formula is C30H26N2O5. The zero-order valence-electron chi connectivity index (χ0n) is 20.5. The van der Waals surface area contributed by atoms with Crippen LogP contribution in [-0.2, 0) is 13.1 Å². The van der Waals surface area contributed by atoms with Gasteiger partial charge in [-0.05, 0) is 61.9 Å². The minimum Gasteiger partial charge on any atom is -0.478 e. The van der Waals surface area contributed by atoms with Gasteiger partial charge in [0.25, 0.3) is 5.91 Å². The summed E-state index contributed by atoms with van der Waals surface area (Å²) in [7, 11) is 0. The third-order valence-electron chi connectivity index (χ3n) is 6.19. The molecule has 0 saturated carbocycles. The summed E-state index contributed by atoms with van der Waals surface area (Å²) in [5.41, 5.74) is 5.07. The van der Waals surface area contributed by atoms with E-state index in [0.29, 0.717) is 23.2 Å². The van der Waals surface area contributed by atoms with Crippen LogP contribution in [-0.4, -0.2) is 33.1 Å². The molecule has 3 aromatic carbocycles. The van der Waals surface area contributed by atoms with E-state index in [0.717, 1.165) is 23.5 Å². The molecule has 4 aromatic rings. The Morgan fingerprint density at radius 1 is 0.649 bits per heavy atom. The molecule has 7 nitrogen and oxygen atoms in total. The molecule has 2 heterocycles. The fourth-order valence-corrected chi connectivity index (χ4v) is 4.12. The molecule has 1 aromatic heterocycles. The Kier molecular flexibility index (Phi) is 7.44. The summed E-state index contributed by atoms with van der Waals surface area (Å²) in [6.07, 6.45) is 2.04. The Morgan fingerprint density at radius 2 is 1.19 bits per heavy atom. The van der Waals surface area contributed by atoms with Crippen LogP contribution in [0.5, 0.6) is 0 Å². The number of nitrogens with zero attached hydrogens (tertiary/aromatic N) is 2. The van der Waals surface area contributed by atoms with E-state index in [1.54, 1.807) is 24.3 Å². The number of Topliss-reactive ketones (excluding diaryl/α,β-unsaturated/α-hetero) is 2. The van der Waals surface area contributed by atoms with E-state index in [1.807, 2.05) is 41.4 Å². The SMILES string of the molecule is CC(=O)c1ccc(C(=O)N2Cc3cccn3Cc3ccccc32)cc1.CC(=O)c1ccc(C(=O)O)cc1. The molecule has 0 atom stereocenters.